The Kier molecular flexibility index (Phi) is 9.35. The van der Waals surface area contributed by atoms with Gasteiger partial charge in [0.2, 0.25) is 5.91 Å². The van der Waals surface area contributed by atoms with Gasteiger partial charge < -0.3 is 10.1 Å². The molecule has 0 saturated heterocycles. The average molecular weight is 629 g/mol. The van der Waals surface area contributed by atoms with Gasteiger partial charge in [0.15, 0.2) is 10.3 Å². The SMILES string of the molecule is COc1ccc(-n2c(CSc3nc(C)cc(C)n3)nnc2SCC(=O)Nc2cc(C(F)(F)F)cc(C(F)(F)F)c2)cc1. The molecule has 0 aliphatic heterocycles. The van der Waals surface area contributed by atoms with Crippen molar-refractivity contribution >= 4 is 35.1 Å². The maximum atomic E-state index is 13.2. The van der Waals surface area contributed by atoms with Gasteiger partial charge in [-0.2, -0.15) is 26.3 Å². The summed E-state index contributed by atoms with van der Waals surface area (Å²) in [6, 6.07) is 9.64. The van der Waals surface area contributed by atoms with E-state index >= 15 is 0 Å². The molecule has 8 nitrogen and oxygen atoms in total. The van der Waals surface area contributed by atoms with Crippen molar-refractivity contribution in [2.24, 2.45) is 0 Å². The van der Waals surface area contributed by atoms with Crippen LogP contribution in [0.25, 0.3) is 5.69 Å². The number of carbonyl (C=O) groups excluding carboxylic acids is 1. The Balaban J connectivity index is 1.56. The number of thioether (sulfide) groups is 2. The van der Waals surface area contributed by atoms with Crippen molar-refractivity contribution in [3.63, 3.8) is 0 Å². The molecule has 0 fully saturated rings. The number of carbonyl (C=O) groups is 1. The van der Waals surface area contributed by atoms with Gasteiger partial charge in [0.25, 0.3) is 0 Å². The van der Waals surface area contributed by atoms with E-state index in [-0.39, 0.29) is 17.0 Å². The number of hydrogen-bond donors (Lipinski definition) is 1. The summed E-state index contributed by atoms with van der Waals surface area (Å²) in [5, 5.41) is 11.3. The lowest BCUT2D eigenvalue weighted by molar-refractivity contribution is -0.143. The first-order chi connectivity index (χ1) is 19.7. The van der Waals surface area contributed by atoms with Gasteiger partial charge in [-0.15, -0.1) is 10.2 Å². The van der Waals surface area contributed by atoms with E-state index in [4.69, 9.17) is 4.74 Å². The maximum absolute atomic E-state index is 13.2. The zero-order valence-corrected chi connectivity index (χ0v) is 23.8. The van der Waals surface area contributed by atoms with Crippen molar-refractivity contribution in [1.82, 2.24) is 24.7 Å². The lowest BCUT2D eigenvalue weighted by Gasteiger charge is -2.15. The lowest BCUT2D eigenvalue weighted by Crippen LogP contribution is -2.17. The number of alkyl halides is 6. The molecular formula is C26H22F6N6O2S2. The van der Waals surface area contributed by atoms with Gasteiger partial charge >= 0.3 is 12.4 Å². The van der Waals surface area contributed by atoms with Crippen LogP contribution in [-0.2, 0) is 22.9 Å². The van der Waals surface area contributed by atoms with Crippen molar-refractivity contribution in [2.75, 3.05) is 18.2 Å². The summed E-state index contributed by atoms with van der Waals surface area (Å²) in [5.74, 6) is 0.178. The second-order valence-corrected chi connectivity index (χ2v) is 10.7. The summed E-state index contributed by atoms with van der Waals surface area (Å²) in [6.07, 6.45) is -10.1. The minimum absolute atomic E-state index is 0.00954. The molecule has 2 aromatic heterocycles. The highest BCUT2D eigenvalue weighted by Gasteiger charge is 2.37. The Morgan fingerprint density at radius 1 is 0.881 bits per heavy atom. The maximum Gasteiger partial charge on any atom is 0.416 e. The minimum atomic E-state index is -5.04. The summed E-state index contributed by atoms with van der Waals surface area (Å²) < 4.78 is 86.0. The first-order valence-electron chi connectivity index (χ1n) is 12.0. The minimum Gasteiger partial charge on any atom is -0.497 e. The molecule has 0 unspecified atom stereocenters. The highest BCUT2D eigenvalue weighted by atomic mass is 32.2. The topological polar surface area (TPSA) is 94.8 Å². The molecule has 4 aromatic rings. The Bertz CT molecular complexity index is 1520. The van der Waals surface area contributed by atoms with Crippen LogP contribution >= 0.6 is 23.5 Å². The Morgan fingerprint density at radius 2 is 1.48 bits per heavy atom. The van der Waals surface area contributed by atoms with Crippen LogP contribution in [0.15, 0.2) is 58.8 Å². The molecule has 0 radical (unpaired) electrons. The highest BCUT2D eigenvalue weighted by molar-refractivity contribution is 7.99. The van der Waals surface area contributed by atoms with E-state index in [1.54, 1.807) is 28.8 Å². The summed E-state index contributed by atoms with van der Waals surface area (Å²) in [4.78, 5) is 21.4. The van der Waals surface area contributed by atoms with Crippen LogP contribution in [0, 0.1) is 13.8 Å². The number of amides is 1. The first kappa shape index (κ1) is 31.2. The van der Waals surface area contributed by atoms with Crippen LogP contribution in [0.1, 0.15) is 28.3 Å². The number of methoxy groups -OCH3 is 1. The molecule has 0 bridgehead atoms. The molecule has 0 aliphatic rings. The van der Waals surface area contributed by atoms with Gasteiger partial charge in [-0.05, 0) is 62.4 Å². The number of aromatic nitrogens is 5. The number of aryl methyl sites for hydroxylation is 2. The number of anilines is 1. The molecule has 0 atom stereocenters. The predicted molar refractivity (Wildman–Crippen MR) is 145 cm³/mol. The fourth-order valence-electron chi connectivity index (χ4n) is 3.72. The second-order valence-electron chi connectivity index (χ2n) is 8.79. The van der Waals surface area contributed by atoms with Crippen LogP contribution in [-0.4, -0.2) is 43.5 Å². The smallest absolute Gasteiger partial charge is 0.416 e. The van der Waals surface area contributed by atoms with Crippen molar-refractivity contribution in [1.29, 1.82) is 0 Å². The molecule has 2 aromatic carbocycles. The number of ether oxygens (including phenoxy) is 1. The number of halogens is 6. The molecule has 0 saturated carbocycles. The molecule has 0 spiro atoms. The third-order valence-corrected chi connectivity index (χ3v) is 7.30. The molecule has 1 amide bonds. The van der Waals surface area contributed by atoms with E-state index in [0.717, 1.165) is 23.1 Å². The Hall–Kier alpha value is -3.79. The molecule has 16 heteroatoms. The van der Waals surface area contributed by atoms with Crippen LogP contribution in [0.3, 0.4) is 0 Å². The predicted octanol–water partition coefficient (Wildman–Crippen LogP) is 6.74. The van der Waals surface area contributed by atoms with Crippen LogP contribution in [0.2, 0.25) is 0 Å². The molecule has 42 heavy (non-hydrogen) atoms. The summed E-state index contributed by atoms with van der Waals surface area (Å²) in [6.45, 7) is 3.70. The normalized spacial score (nSPS) is 11.9. The molecule has 222 valence electrons. The molecule has 2 heterocycles. The summed E-state index contributed by atoms with van der Waals surface area (Å²) >= 11 is 2.23. The third-order valence-electron chi connectivity index (χ3n) is 5.53. The number of rotatable bonds is 9. The van der Waals surface area contributed by atoms with E-state index in [9.17, 15) is 31.1 Å². The van der Waals surface area contributed by atoms with Gasteiger partial charge in [-0.1, -0.05) is 23.5 Å². The summed E-state index contributed by atoms with van der Waals surface area (Å²) in [7, 11) is 1.52. The van der Waals surface area contributed by atoms with E-state index in [0.29, 0.717) is 40.3 Å². The second kappa shape index (κ2) is 12.6. The van der Waals surface area contributed by atoms with E-state index < -0.39 is 35.1 Å². The number of hydrogen-bond acceptors (Lipinski definition) is 8. The van der Waals surface area contributed by atoms with Crippen molar-refractivity contribution < 1.29 is 35.9 Å². The Morgan fingerprint density at radius 3 is 2.02 bits per heavy atom. The van der Waals surface area contributed by atoms with E-state index in [2.05, 4.69) is 25.5 Å². The zero-order valence-electron chi connectivity index (χ0n) is 22.2. The molecule has 1 N–H and O–H groups in total. The zero-order chi connectivity index (χ0) is 30.7. The molecule has 4 rings (SSSR count). The molecule has 0 aliphatic carbocycles. The third kappa shape index (κ3) is 7.94. The van der Waals surface area contributed by atoms with Crippen molar-refractivity contribution in [3.05, 3.63) is 76.9 Å². The first-order valence-corrected chi connectivity index (χ1v) is 14.0. The monoisotopic (exact) mass is 628 g/mol. The summed E-state index contributed by atoms with van der Waals surface area (Å²) in [5.41, 5.74) is -1.47. The van der Waals surface area contributed by atoms with E-state index in [1.807, 2.05) is 19.9 Å². The average Bonchev–Trinajstić information content (AvgIpc) is 3.32. The van der Waals surface area contributed by atoms with Crippen LogP contribution in [0.5, 0.6) is 5.75 Å². The molecular weight excluding hydrogens is 606 g/mol. The van der Waals surface area contributed by atoms with Crippen molar-refractivity contribution in [2.45, 2.75) is 42.3 Å². The van der Waals surface area contributed by atoms with Crippen molar-refractivity contribution in [3.8, 4) is 11.4 Å². The van der Waals surface area contributed by atoms with Gasteiger partial charge in [0, 0.05) is 22.8 Å². The number of nitrogens with one attached hydrogen (secondary N) is 1. The van der Waals surface area contributed by atoms with Gasteiger partial charge in [-0.3, -0.25) is 9.36 Å². The fraction of sp³-hybridized carbons (Fsp3) is 0.269. The Labute approximate surface area is 244 Å². The largest absolute Gasteiger partial charge is 0.497 e. The standard InChI is InChI=1S/C26H22F6N6O2S2/c1-14-8-15(2)34-23(33-14)41-12-21-36-37-24(38(21)19-4-6-20(40-3)7-5-19)42-13-22(39)35-18-10-16(25(27,28)29)9-17(11-18)26(30,31)32/h4-11H,12-13H2,1-3H3,(H,35,39). The number of nitrogens with zero attached hydrogens (tertiary/aromatic N) is 5. The number of benzene rings is 2. The van der Waals surface area contributed by atoms with Gasteiger partial charge in [-0.25, -0.2) is 9.97 Å². The van der Waals surface area contributed by atoms with Gasteiger partial charge in [0.05, 0.1) is 29.7 Å². The van der Waals surface area contributed by atoms with Crippen LogP contribution < -0.4 is 10.1 Å². The lowest BCUT2D eigenvalue weighted by atomic mass is 10.1. The van der Waals surface area contributed by atoms with E-state index in [1.165, 1.54) is 18.9 Å². The highest BCUT2D eigenvalue weighted by Crippen LogP contribution is 2.37. The van der Waals surface area contributed by atoms with Gasteiger partial charge in [0.1, 0.15) is 11.6 Å². The quantitative estimate of drug-likeness (QED) is 0.124. The van der Waals surface area contributed by atoms with Crippen LogP contribution in [0.4, 0.5) is 32.0 Å². The fourth-order valence-corrected chi connectivity index (χ4v) is 5.35.